The minimum atomic E-state index is -0.662. The third kappa shape index (κ3) is 30.3. The van der Waals surface area contributed by atoms with E-state index in [4.69, 9.17) is 0 Å². The molecule has 0 spiro atoms. The molecule has 0 aliphatic rings. The van der Waals surface area contributed by atoms with E-state index in [-0.39, 0.29) is 12.5 Å². The Morgan fingerprint density at radius 2 is 0.976 bits per heavy atom. The highest BCUT2D eigenvalue weighted by Gasteiger charge is 2.19. The molecule has 1 amide bonds. The van der Waals surface area contributed by atoms with Crippen LogP contribution in [-0.2, 0) is 4.79 Å². The van der Waals surface area contributed by atoms with Crippen molar-refractivity contribution in [2.75, 3.05) is 6.61 Å². The molecular formula is C38H73NO3. The van der Waals surface area contributed by atoms with Crippen LogP contribution in [0.3, 0.4) is 0 Å². The van der Waals surface area contributed by atoms with Crippen LogP contribution >= 0.6 is 0 Å². The number of carbonyl (C=O) groups is 1. The number of carbonyl (C=O) groups excluding carboxylic acids is 1. The number of aliphatic hydroxyl groups is 2. The van der Waals surface area contributed by atoms with Gasteiger partial charge in [0.2, 0.25) is 5.91 Å². The van der Waals surface area contributed by atoms with Gasteiger partial charge in [0.05, 0.1) is 18.8 Å². The van der Waals surface area contributed by atoms with Gasteiger partial charge in [-0.2, -0.15) is 0 Å². The predicted octanol–water partition coefficient (Wildman–Crippen LogP) is 10.9. The van der Waals surface area contributed by atoms with Crippen LogP contribution < -0.4 is 5.32 Å². The smallest absolute Gasteiger partial charge is 0.220 e. The van der Waals surface area contributed by atoms with Crippen LogP contribution in [0, 0.1) is 0 Å². The fourth-order valence-corrected chi connectivity index (χ4v) is 5.57. The second-order valence-electron chi connectivity index (χ2n) is 12.6. The molecule has 2 atom stereocenters. The molecule has 0 bridgehead atoms. The summed E-state index contributed by atoms with van der Waals surface area (Å²) in [6, 6.07) is -0.540. The molecule has 0 saturated heterocycles. The third-order valence-corrected chi connectivity index (χ3v) is 8.47. The van der Waals surface area contributed by atoms with Crippen molar-refractivity contribution in [2.45, 2.75) is 206 Å². The number of aliphatic hydroxyl groups excluding tert-OH is 2. The normalized spacial score (nSPS) is 13.3. The summed E-state index contributed by atoms with van der Waals surface area (Å²) in [6.45, 7) is 4.32. The first kappa shape index (κ1) is 40.9. The fourth-order valence-electron chi connectivity index (χ4n) is 5.57. The van der Waals surface area contributed by atoms with Crippen molar-refractivity contribution in [1.82, 2.24) is 5.32 Å². The zero-order valence-corrected chi connectivity index (χ0v) is 28.3. The van der Waals surface area contributed by atoms with Gasteiger partial charge in [-0.25, -0.2) is 0 Å². The Bertz CT molecular complexity index is 603. The highest BCUT2D eigenvalue weighted by atomic mass is 16.3. The molecule has 4 nitrogen and oxygen atoms in total. The highest BCUT2D eigenvalue weighted by molar-refractivity contribution is 5.76. The second kappa shape index (κ2) is 34.4. The average Bonchev–Trinajstić information content (AvgIpc) is 2.99. The van der Waals surface area contributed by atoms with E-state index in [0.29, 0.717) is 12.8 Å². The summed E-state index contributed by atoms with van der Waals surface area (Å²) in [5, 5.41) is 23.0. The fraction of sp³-hybridized carbons (Fsp3) is 0.868. The van der Waals surface area contributed by atoms with Gasteiger partial charge in [0.15, 0.2) is 0 Å². The molecule has 0 radical (unpaired) electrons. The van der Waals surface area contributed by atoms with Crippen LogP contribution in [0.1, 0.15) is 194 Å². The van der Waals surface area contributed by atoms with Crippen LogP contribution in [0.25, 0.3) is 0 Å². The zero-order valence-electron chi connectivity index (χ0n) is 28.3. The molecule has 248 valence electrons. The lowest BCUT2D eigenvalue weighted by atomic mass is 10.0. The summed E-state index contributed by atoms with van der Waals surface area (Å²) in [4.78, 5) is 12.3. The standard InChI is InChI=1S/C38H73NO3/c1-3-5-7-9-11-13-15-17-19-21-23-25-27-29-31-33-37(41)36(35-40)39-38(42)34-32-30-28-26-24-22-20-18-16-14-12-10-8-6-4-2/h12,14,18,20,36-37,40-41H,3-11,13,15-17,19,21-35H2,1-2H3,(H,39,42)/b14-12+,20-18+/t36-,37+/m0/s1. The third-order valence-electron chi connectivity index (χ3n) is 8.47. The lowest BCUT2D eigenvalue weighted by Crippen LogP contribution is -2.45. The second-order valence-corrected chi connectivity index (χ2v) is 12.6. The number of hydrogen-bond donors (Lipinski definition) is 3. The number of hydrogen-bond acceptors (Lipinski definition) is 3. The van der Waals surface area contributed by atoms with E-state index in [1.165, 1.54) is 122 Å². The first-order valence-corrected chi connectivity index (χ1v) is 18.5. The molecule has 0 aromatic carbocycles. The summed E-state index contributed by atoms with van der Waals surface area (Å²) in [5.41, 5.74) is 0. The van der Waals surface area contributed by atoms with Crippen molar-refractivity contribution >= 4 is 5.91 Å². The van der Waals surface area contributed by atoms with Crippen molar-refractivity contribution in [3.05, 3.63) is 24.3 Å². The van der Waals surface area contributed by atoms with Gasteiger partial charge in [-0.3, -0.25) is 4.79 Å². The minimum absolute atomic E-state index is 0.0460. The molecule has 0 aromatic rings. The van der Waals surface area contributed by atoms with Gasteiger partial charge in [-0.15, -0.1) is 0 Å². The van der Waals surface area contributed by atoms with Crippen LogP contribution in [-0.4, -0.2) is 34.9 Å². The lowest BCUT2D eigenvalue weighted by molar-refractivity contribution is -0.123. The lowest BCUT2D eigenvalue weighted by Gasteiger charge is -2.22. The van der Waals surface area contributed by atoms with Gasteiger partial charge in [0.1, 0.15) is 0 Å². The number of rotatable bonds is 33. The molecule has 42 heavy (non-hydrogen) atoms. The number of amides is 1. The van der Waals surface area contributed by atoms with Crippen LogP contribution in [0.5, 0.6) is 0 Å². The number of allylic oxidation sites excluding steroid dienone is 4. The van der Waals surface area contributed by atoms with Crippen LogP contribution in [0.2, 0.25) is 0 Å². The molecule has 0 heterocycles. The van der Waals surface area contributed by atoms with E-state index >= 15 is 0 Å². The summed E-state index contributed by atoms with van der Waals surface area (Å²) in [7, 11) is 0. The van der Waals surface area contributed by atoms with Gasteiger partial charge < -0.3 is 15.5 Å². The maximum Gasteiger partial charge on any atom is 0.220 e. The van der Waals surface area contributed by atoms with Crippen molar-refractivity contribution in [1.29, 1.82) is 0 Å². The van der Waals surface area contributed by atoms with E-state index in [1.54, 1.807) is 0 Å². The minimum Gasteiger partial charge on any atom is -0.394 e. The van der Waals surface area contributed by atoms with Gasteiger partial charge in [-0.05, 0) is 44.9 Å². The average molecular weight is 592 g/mol. The Kier molecular flexibility index (Phi) is 33.4. The predicted molar refractivity (Wildman–Crippen MR) is 184 cm³/mol. The Morgan fingerprint density at radius 1 is 0.571 bits per heavy atom. The topological polar surface area (TPSA) is 69.6 Å². The molecule has 0 aliphatic heterocycles. The quantitative estimate of drug-likeness (QED) is 0.0525. The van der Waals surface area contributed by atoms with Crippen molar-refractivity contribution in [3.8, 4) is 0 Å². The largest absolute Gasteiger partial charge is 0.394 e. The van der Waals surface area contributed by atoms with Crippen LogP contribution in [0.15, 0.2) is 24.3 Å². The summed E-state index contributed by atoms with van der Waals surface area (Å²) in [5.74, 6) is -0.0460. The Hall–Kier alpha value is -1.13. The first-order valence-electron chi connectivity index (χ1n) is 18.5. The Labute approximate surface area is 262 Å². The van der Waals surface area contributed by atoms with E-state index in [9.17, 15) is 15.0 Å². The summed E-state index contributed by atoms with van der Waals surface area (Å²) < 4.78 is 0. The number of unbranched alkanes of at least 4 members (excludes halogenated alkanes) is 22. The van der Waals surface area contributed by atoms with Crippen molar-refractivity contribution in [2.24, 2.45) is 0 Å². The zero-order chi connectivity index (χ0) is 30.8. The summed E-state index contributed by atoms with van der Waals surface area (Å²) >= 11 is 0. The monoisotopic (exact) mass is 592 g/mol. The van der Waals surface area contributed by atoms with Gasteiger partial charge in [0, 0.05) is 6.42 Å². The van der Waals surface area contributed by atoms with E-state index in [2.05, 4.69) is 43.5 Å². The van der Waals surface area contributed by atoms with Gasteiger partial charge in [-0.1, -0.05) is 167 Å². The van der Waals surface area contributed by atoms with Crippen molar-refractivity contribution < 1.29 is 15.0 Å². The summed E-state index contributed by atoms with van der Waals surface area (Å²) in [6.07, 6.45) is 42.2. The highest BCUT2D eigenvalue weighted by Crippen LogP contribution is 2.15. The van der Waals surface area contributed by atoms with Crippen LogP contribution in [0.4, 0.5) is 0 Å². The van der Waals surface area contributed by atoms with Crippen molar-refractivity contribution in [3.63, 3.8) is 0 Å². The molecule has 0 rings (SSSR count). The number of nitrogens with one attached hydrogen (secondary N) is 1. The maximum absolute atomic E-state index is 12.3. The molecule has 0 aliphatic carbocycles. The Morgan fingerprint density at radius 3 is 1.48 bits per heavy atom. The maximum atomic E-state index is 12.3. The molecule has 4 heteroatoms. The first-order chi connectivity index (χ1) is 20.7. The molecule has 3 N–H and O–H groups in total. The molecule has 0 aromatic heterocycles. The SMILES string of the molecule is CCCCC/C=C/C/C=C/CCCCCCCC(=O)N[C@@H](CO)[C@H](O)CCCCCCCCCCCCCCCCC. The van der Waals surface area contributed by atoms with Gasteiger partial charge in [0.25, 0.3) is 0 Å². The van der Waals surface area contributed by atoms with Gasteiger partial charge >= 0.3 is 0 Å². The Balaban J connectivity index is 3.59. The van der Waals surface area contributed by atoms with E-state index < -0.39 is 12.1 Å². The molecule has 0 unspecified atom stereocenters. The molecule has 0 fully saturated rings. The van der Waals surface area contributed by atoms with E-state index in [1.807, 2.05) is 0 Å². The molecular weight excluding hydrogens is 518 g/mol. The molecule has 0 saturated carbocycles. The van der Waals surface area contributed by atoms with E-state index in [0.717, 1.165) is 44.9 Å².